The van der Waals surface area contributed by atoms with E-state index in [9.17, 15) is 14.3 Å². The molecule has 1 aromatic rings. The summed E-state index contributed by atoms with van der Waals surface area (Å²) in [6.07, 6.45) is 0.186. The van der Waals surface area contributed by atoms with Gasteiger partial charge in [0.1, 0.15) is 11.5 Å². The van der Waals surface area contributed by atoms with Gasteiger partial charge in [0.15, 0.2) is 0 Å². The number of rotatable bonds is 3. The van der Waals surface area contributed by atoms with Crippen molar-refractivity contribution in [2.24, 2.45) is 5.73 Å². The van der Waals surface area contributed by atoms with Gasteiger partial charge in [-0.1, -0.05) is 0 Å². The van der Waals surface area contributed by atoms with Gasteiger partial charge in [-0.25, -0.2) is 9.71 Å². The SMILES string of the molecule is CC(C)(O)CC1=C(C(N)=O)[N]c2ccc(F)cc21. The van der Waals surface area contributed by atoms with E-state index in [1.807, 2.05) is 0 Å². The fourth-order valence-electron chi connectivity index (χ4n) is 1.98. The molecule has 0 unspecified atom stereocenters. The van der Waals surface area contributed by atoms with Gasteiger partial charge < -0.3 is 10.8 Å². The number of carbonyl (C=O) groups excluding carboxylic acids is 1. The molecule has 0 saturated heterocycles. The minimum atomic E-state index is -1.03. The Bertz CT molecular complexity index is 544. The number of nitrogens with zero attached hydrogens (tertiary/aromatic N) is 1. The van der Waals surface area contributed by atoms with Crippen LogP contribution in [0.1, 0.15) is 25.8 Å². The van der Waals surface area contributed by atoms with Gasteiger partial charge in [-0.15, -0.1) is 0 Å². The molecule has 0 fully saturated rings. The van der Waals surface area contributed by atoms with Crippen LogP contribution in [0.4, 0.5) is 10.1 Å². The number of aliphatic hydroxyl groups is 1. The summed E-state index contributed by atoms with van der Waals surface area (Å²) < 4.78 is 13.3. The molecule has 1 heterocycles. The summed E-state index contributed by atoms with van der Waals surface area (Å²) in [5.41, 5.74) is 5.84. The molecule has 5 heteroatoms. The van der Waals surface area contributed by atoms with Crippen LogP contribution in [-0.4, -0.2) is 16.6 Å². The zero-order chi connectivity index (χ0) is 13.5. The summed E-state index contributed by atoms with van der Waals surface area (Å²) in [6, 6.07) is 4.06. The lowest BCUT2D eigenvalue weighted by molar-refractivity contribution is -0.114. The Morgan fingerprint density at radius 2 is 2.17 bits per heavy atom. The average Bonchev–Trinajstić information content (AvgIpc) is 2.55. The van der Waals surface area contributed by atoms with E-state index in [4.69, 9.17) is 5.73 Å². The number of halogens is 1. The summed E-state index contributed by atoms with van der Waals surface area (Å²) >= 11 is 0. The maximum atomic E-state index is 13.3. The lowest BCUT2D eigenvalue weighted by Crippen LogP contribution is -2.22. The first-order chi connectivity index (χ1) is 8.28. The molecule has 1 aliphatic rings. The number of carbonyl (C=O) groups is 1. The number of hydrogen-bond acceptors (Lipinski definition) is 2. The van der Waals surface area contributed by atoms with Gasteiger partial charge in [0, 0.05) is 12.0 Å². The quantitative estimate of drug-likeness (QED) is 0.850. The molecular formula is C13H14FN2O2. The Morgan fingerprint density at radius 1 is 1.50 bits per heavy atom. The third-order valence-electron chi connectivity index (χ3n) is 2.64. The average molecular weight is 249 g/mol. The molecule has 0 atom stereocenters. The first-order valence-corrected chi connectivity index (χ1v) is 5.55. The van der Waals surface area contributed by atoms with Crippen molar-refractivity contribution < 1.29 is 14.3 Å². The van der Waals surface area contributed by atoms with E-state index in [0.717, 1.165) is 0 Å². The standard InChI is InChI=1S/C13H14FN2O2/c1-13(2,18)6-9-8-5-7(14)3-4-10(8)16-11(9)12(15)17/h3-5,18H,6H2,1-2H3,(H2,15,17). The van der Waals surface area contributed by atoms with Crippen molar-refractivity contribution in [1.82, 2.24) is 5.32 Å². The predicted octanol–water partition coefficient (Wildman–Crippen LogP) is 1.43. The first-order valence-electron chi connectivity index (χ1n) is 5.55. The van der Waals surface area contributed by atoms with Crippen molar-refractivity contribution in [1.29, 1.82) is 0 Å². The second kappa shape index (κ2) is 4.10. The van der Waals surface area contributed by atoms with E-state index < -0.39 is 17.3 Å². The van der Waals surface area contributed by atoms with E-state index in [2.05, 4.69) is 5.32 Å². The smallest absolute Gasteiger partial charge is 0.267 e. The second-order valence-electron chi connectivity index (χ2n) is 4.95. The van der Waals surface area contributed by atoms with Crippen molar-refractivity contribution in [3.8, 4) is 0 Å². The molecule has 0 spiro atoms. The van der Waals surface area contributed by atoms with Gasteiger partial charge in [-0.3, -0.25) is 4.79 Å². The van der Waals surface area contributed by atoms with Gasteiger partial charge in [0.2, 0.25) is 0 Å². The highest BCUT2D eigenvalue weighted by Crippen LogP contribution is 2.39. The number of hydrogen-bond donors (Lipinski definition) is 2. The molecule has 1 aliphatic heterocycles. The lowest BCUT2D eigenvalue weighted by Gasteiger charge is -2.18. The van der Waals surface area contributed by atoms with Crippen molar-refractivity contribution >= 4 is 17.2 Å². The van der Waals surface area contributed by atoms with Gasteiger partial charge in [-0.2, -0.15) is 0 Å². The molecule has 2 rings (SSSR count). The van der Waals surface area contributed by atoms with Gasteiger partial charge >= 0.3 is 0 Å². The second-order valence-corrected chi connectivity index (χ2v) is 4.95. The Hall–Kier alpha value is -1.88. The monoisotopic (exact) mass is 249 g/mol. The van der Waals surface area contributed by atoms with Crippen molar-refractivity contribution in [3.05, 3.63) is 35.3 Å². The van der Waals surface area contributed by atoms with Gasteiger partial charge in [-0.05, 0) is 37.6 Å². The van der Waals surface area contributed by atoms with Crippen LogP contribution in [0.3, 0.4) is 0 Å². The fourth-order valence-corrected chi connectivity index (χ4v) is 1.98. The van der Waals surface area contributed by atoms with E-state index in [1.54, 1.807) is 13.8 Å². The van der Waals surface area contributed by atoms with Crippen LogP contribution in [0.2, 0.25) is 0 Å². The molecule has 18 heavy (non-hydrogen) atoms. The third kappa shape index (κ3) is 2.36. The highest BCUT2D eigenvalue weighted by molar-refractivity contribution is 6.04. The van der Waals surface area contributed by atoms with Crippen molar-refractivity contribution in [2.45, 2.75) is 25.9 Å². The summed E-state index contributed by atoms with van der Waals surface area (Å²) in [4.78, 5) is 11.3. The van der Waals surface area contributed by atoms with E-state index in [-0.39, 0.29) is 12.1 Å². The van der Waals surface area contributed by atoms with Crippen LogP contribution < -0.4 is 11.1 Å². The zero-order valence-electron chi connectivity index (χ0n) is 10.2. The number of fused-ring (bicyclic) bond motifs is 1. The summed E-state index contributed by atoms with van der Waals surface area (Å²) in [7, 11) is 0. The van der Waals surface area contributed by atoms with Crippen LogP contribution in [0.5, 0.6) is 0 Å². The molecular weight excluding hydrogens is 235 g/mol. The van der Waals surface area contributed by atoms with Crippen LogP contribution in [0.25, 0.3) is 5.57 Å². The van der Waals surface area contributed by atoms with Crippen LogP contribution in [0.15, 0.2) is 23.9 Å². The lowest BCUT2D eigenvalue weighted by atomic mass is 9.93. The van der Waals surface area contributed by atoms with Crippen LogP contribution >= 0.6 is 0 Å². The topological polar surface area (TPSA) is 77.4 Å². The Kier molecular flexibility index (Phi) is 2.86. The predicted molar refractivity (Wildman–Crippen MR) is 65.2 cm³/mol. The molecule has 4 nitrogen and oxygen atoms in total. The van der Waals surface area contributed by atoms with Gasteiger partial charge in [0.25, 0.3) is 5.91 Å². The van der Waals surface area contributed by atoms with E-state index in [1.165, 1.54) is 18.2 Å². The molecule has 0 aromatic heterocycles. The van der Waals surface area contributed by atoms with E-state index in [0.29, 0.717) is 16.8 Å². The number of nitrogens with two attached hydrogens (primary N) is 1. The first kappa shape index (κ1) is 12.6. The van der Waals surface area contributed by atoms with Crippen molar-refractivity contribution in [2.75, 3.05) is 0 Å². The molecule has 0 bridgehead atoms. The third-order valence-corrected chi connectivity index (χ3v) is 2.64. The molecule has 1 amide bonds. The molecule has 95 valence electrons. The molecule has 1 aromatic carbocycles. The summed E-state index contributed by atoms with van der Waals surface area (Å²) in [5, 5.41) is 13.9. The zero-order valence-corrected chi connectivity index (χ0v) is 10.2. The highest BCUT2D eigenvalue weighted by atomic mass is 19.1. The van der Waals surface area contributed by atoms with Gasteiger partial charge in [0.05, 0.1) is 11.3 Å². The Balaban J connectivity index is 2.51. The van der Waals surface area contributed by atoms with E-state index >= 15 is 0 Å². The minimum absolute atomic E-state index is 0.0951. The minimum Gasteiger partial charge on any atom is -0.390 e. The molecule has 0 saturated carbocycles. The maximum absolute atomic E-state index is 13.3. The summed E-state index contributed by atoms with van der Waals surface area (Å²) in [6.45, 7) is 3.21. The Morgan fingerprint density at radius 3 is 2.72 bits per heavy atom. The largest absolute Gasteiger partial charge is 0.390 e. The fraction of sp³-hybridized carbons (Fsp3) is 0.308. The number of benzene rings is 1. The number of amides is 1. The molecule has 0 aliphatic carbocycles. The molecule has 1 radical (unpaired) electrons. The normalized spacial score (nSPS) is 14.4. The highest BCUT2D eigenvalue weighted by Gasteiger charge is 2.30. The molecule has 3 N–H and O–H groups in total. The van der Waals surface area contributed by atoms with Crippen LogP contribution in [0, 0.1) is 5.82 Å². The number of primary amides is 1. The summed E-state index contributed by atoms with van der Waals surface area (Å²) in [5.74, 6) is -1.09. The van der Waals surface area contributed by atoms with Crippen molar-refractivity contribution in [3.63, 3.8) is 0 Å². The maximum Gasteiger partial charge on any atom is 0.267 e. The Labute approximate surface area is 104 Å². The van der Waals surface area contributed by atoms with Crippen LogP contribution in [-0.2, 0) is 4.79 Å².